The molecule has 3 aliphatic carbocycles. The van der Waals surface area contributed by atoms with Crippen LogP contribution in [-0.2, 0) is 24.7 Å². The van der Waals surface area contributed by atoms with Crippen LogP contribution in [0.3, 0.4) is 0 Å². The third-order valence-corrected chi connectivity index (χ3v) is 10.1. The van der Waals surface area contributed by atoms with Crippen LogP contribution in [0.2, 0.25) is 0 Å². The Morgan fingerprint density at radius 1 is 1.19 bits per heavy atom. The van der Waals surface area contributed by atoms with Gasteiger partial charge in [-0.05, 0) is 93.6 Å². The number of nitrogens with zero attached hydrogens (tertiary/aromatic N) is 2. The Labute approximate surface area is 211 Å². The predicted molar refractivity (Wildman–Crippen MR) is 139 cm³/mol. The molecule has 3 N–H and O–H groups in total. The van der Waals surface area contributed by atoms with Crippen molar-refractivity contribution in [1.29, 1.82) is 0 Å². The Morgan fingerprint density at radius 2 is 2.06 bits per heavy atom. The van der Waals surface area contributed by atoms with Gasteiger partial charge in [-0.1, -0.05) is 12.1 Å². The van der Waals surface area contributed by atoms with Gasteiger partial charge >= 0.3 is 0 Å². The zero-order valence-corrected chi connectivity index (χ0v) is 21.2. The van der Waals surface area contributed by atoms with E-state index >= 15 is 0 Å². The number of aliphatic hydroxyl groups is 1. The van der Waals surface area contributed by atoms with Crippen molar-refractivity contribution in [1.82, 2.24) is 14.8 Å². The summed E-state index contributed by atoms with van der Waals surface area (Å²) in [6.07, 6.45) is 5.61. The lowest BCUT2D eigenvalue weighted by atomic mass is 9.49. The van der Waals surface area contributed by atoms with Crippen LogP contribution in [0.25, 0.3) is 10.9 Å². The number of aromatic hydroxyl groups is 1. The van der Waals surface area contributed by atoms with Gasteiger partial charge in [0.25, 0.3) is 0 Å². The van der Waals surface area contributed by atoms with Crippen molar-refractivity contribution < 1.29 is 14.9 Å². The SMILES string of the molecule is CN(C)CCc1ccc2[nH]c3c(c2c1)C[C@@]1(O)[C@@H]2Cc4ccc(O)c5c4[C@@]1(CCN2CC1CC1)[C@H]3O5. The number of H-pyrrole nitrogens is 1. The smallest absolute Gasteiger partial charge is 0.166 e. The van der Waals surface area contributed by atoms with E-state index in [0.29, 0.717) is 12.2 Å². The number of likely N-dealkylation sites (N-methyl/N-ethyl adjacent to an activating group) is 1. The maximum atomic E-state index is 13.0. The second kappa shape index (κ2) is 7.06. The first kappa shape index (κ1) is 21.5. The van der Waals surface area contributed by atoms with Crippen molar-refractivity contribution in [2.75, 3.05) is 33.7 Å². The maximum Gasteiger partial charge on any atom is 0.166 e. The van der Waals surface area contributed by atoms with E-state index < -0.39 is 11.0 Å². The molecule has 1 saturated heterocycles. The summed E-state index contributed by atoms with van der Waals surface area (Å²) in [4.78, 5) is 8.54. The van der Waals surface area contributed by atoms with Crippen LogP contribution in [0, 0.1) is 5.92 Å². The molecule has 2 bridgehead atoms. The number of likely N-dealkylation sites (tertiary alicyclic amines) is 1. The molecule has 36 heavy (non-hydrogen) atoms. The van der Waals surface area contributed by atoms with Crippen molar-refractivity contribution in [2.24, 2.45) is 5.92 Å². The number of hydrogen-bond acceptors (Lipinski definition) is 5. The Hall–Kier alpha value is -2.54. The van der Waals surface area contributed by atoms with E-state index in [0.717, 1.165) is 61.6 Å². The number of hydrogen-bond donors (Lipinski definition) is 3. The average Bonchev–Trinajstić information content (AvgIpc) is 3.49. The van der Waals surface area contributed by atoms with E-state index in [1.54, 1.807) is 6.07 Å². The number of ether oxygens (including phenoxy) is 1. The molecule has 6 heteroatoms. The minimum absolute atomic E-state index is 0.0657. The lowest BCUT2D eigenvalue weighted by Gasteiger charge is -2.62. The van der Waals surface area contributed by atoms with Gasteiger partial charge in [-0.3, -0.25) is 4.90 Å². The van der Waals surface area contributed by atoms with E-state index in [-0.39, 0.29) is 17.9 Å². The molecule has 1 saturated carbocycles. The normalized spacial score (nSPS) is 32.0. The molecule has 0 radical (unpaired) electrons. The Morgan fingerprint density at radius 3 is 2.86 bits per heavy atom. The number of piperidine rings is 1. The van der Waals surface area contributed by atoms with Gasteiger partial charge in [0.1, 0.15) is 0 Å². The highest BCUT2D eigenvalue weighted by molar-refractivity contribution is 5.87. The molecule has 4 atom stereocenters. The Bertz CT molecular complexity index is 1410. The largest absolute Gasteiger partial charge is 0.504 e. The first-order valence-electron chi connectivity index (χ1n) is 13.7. The van der Waals surface area contributed by atoms with E-state index in [1.165, 1.54) is 34.9 Å². The second-order valence-corrected chi connectivity index (χ2v) is 12.4. The van der Waals surface area contributed by atoms with Crippen LogP contribution >= 0.6 is 0 Å². The van der Waals surface area contributed by atoms with Crippen LogP contribution in [0.1, 0.15) is 53.3 Å². The fourth-order valence-electron chi connectivity index (χ4n) is 8.18. The number of fused-ring (bicyclic) bond motifs is 4. The summed E-state index contributed by atoms with van der Waals surface area (Å²) >= 11 is 0. The summed E-state index contributed by atoms with van der Waals surface area (Å²) in [6.45, 7) is 3.07. The number of benzene rings is 2. The number of phenolic OH excluding ortho intramolecular Hbond substituents is 1. The van der Waals surface area contributed by atoms with Crippen LogP contribution in [0.5, 0.6) is 11.5 Å². The molecule has 3 aromatic rings. The zero-order chi connectivity index (χ0) is 24.4. The minimum atomic E-state index is -0.932. The lowest BCUT2D eigenvalue weighted by molar-refractivity contribution is -0.173. The number of aromatic nitrogens is 1. The van der Waals surface area contributed by atoms with Gasteiger partial charge in [0, 0.05) is 42.0 Å². The first-order chi connectivity index (χ1) is 17.4. The Balaban J connectivity index is 1.33. The summed E-state index contributed by atoms with van der Waals surface area (Å²) in [5, 5.41) is 25.0. The summed E-state index contributed by atoms with van der Waals surface area (Å²) in [5.74, 6) is 1.58. The summed E-state index contributed by atoms with van der Waals surface area (Å²) < 4.78 is 6.70. The number of aromatic amines is 1. The maximum absolute atomic E-state index is 13.0. The molecule has 2 aromatic carbocycles. The third kappa shape index (κ3) is 2.62. The summed E-state index contributed by atoms with van der Waals surface area (Å²) in [7, 11) is 4.22. The van der Waals surface area contributed by atoms with Crippen molar-refractivity contribution in [3.8, 4) is 11.5 Å². The third-order valence-electron chi connectivity index (χ3n) is 10.1. The summed E-state index contributed by atoms with van der Waals surface area (Å²) in [5.41, 5.74) is 5.59. The molecule has 1 spiro atoms. The molecule has 8 rings (SSSR count). The van der Waals surface area contributed by atoms with Gasteiger partial charge < -0.3 is 24.8 Å². The standard InChI is InChI=1S/C30H35N3O3/c1-32(2)11-9-17-5-7-22-20(13-17)21-15-30(35)24-14-19-6-8-23(34)27-25(19)29(30,28(36-27)26(21)31-22)10-12-33(24)16-18-3-4-18/h5-8,13,18,24,28,31,34-35H,3-4,9-12,14-16H2,1-2H3/t24-,28-,29-,30+/m0/s1. The zero-order valence-electron chi connectivity index (χ0n) is 21.2. The van der Waals surface area contributed by atoms with E-state index in [9.17, 15) is 10.2 Å². The van der Waals surface area contributed by atoms with E-state index in [2.05, 4.69) is 53.1 Å². The molecule has 0 amide bonds. The van der Waals surface area contributed by atoms with Crippen LogP contribution in [-0.4, -0.2) is 70.4 Å². The van der Waals surface area contributed by atoms with Crippen molar-refractivity contribution in [3.63, 3.8) is 0 Å². The lowest BCUT2D eigenvalue weighted by Crippen LogP contribution is -2.74. The molecule has 1 aromatic heterocycles. The monoisotopic (exact) mass is 485 g/mol. The average molecular weight is 486 g/mol. The highest BCUT2D eigenvalue weighted by Gasteiger charge is 2.72. The molecule has 3 heterocycles. The molecule has 2 fully saturated rings. The Kier molecular flexibility index (Phi) is 4.22. The number of nitrogens with one attached hydrogen (secondary N) is 1. The van der Waals surface area contributed by atoms with Gasteiger partial charge in [0.05, 0.1) is 16.7 Å². The molecule has 188 valence electrons. The number of phenols is 1. The first-order valence-corrected chi connectivity index (χ1v) is 13.7. The van der Waals surface area contributed by atoms with Gasteiger partial charge in [-0.2, -0.15) is 0 Å². The van der Waals surface area contributed by atoms with Crippen molar-refractivity contribution in [2.45, 2.75) is 61.7 Å². The van der Waals surface area contributed by atoms with Crippen LogP contribution < -0.4 is 4.74 Å². The molecule has 5 aliphatic rings. The highest BCUT2D eigenvalue weighted by atomic mass is 16.5. The quantitative estimate of drug-likeness (QED) is 0.514. The fourth-order valence-corrected chi connectivity index (χ4v) is 8.18. The van der Waals surface area contributed by atoms with Gasteiger partial charge in [0.2, 0.25) is 0 Å². The van der Waals surface area contributed by atoms with Gasteiger partial charge in [-0.25, -0.2) is 0 Å². The van der Waals surface area contributed by atoms with Gasteiger partial charge in [-0.15, -0.1) is 0 Å². The van der Waals surface area contributed by atoms with Crippen molar-refractivity contribution in [3.05, 3.63) is 58.3 Å². The molecular weight excluding hydrogens is 450 g/mol. The van der Waals surface area contributed by atoms with E-state index in [1.807, 2.05) is 0 Å². The van der Waals surface area contributed by atoms with E-state index in [4.69, 9.17) is 4.74 Å². The minimum Gasteiger partial charge on any atom is -0.504 e. The fraction of sp³-hybridized carbons (Fsp3) is 0.533. The molecule has 2 aliphatic heterocycles. The number of rotatable bonds is 5. The van der Waals surface area contributed by atoms with Gasteiger partial charge in [0.15, 0.2) is 17.6 Å². The molecular formula is C30H35N3O3. The van der Waals surface area contributed by atoms with Crippen LogP contribution in [0.4, 0.5) is 0 Å². The molecule has 0 unspecified atom stereocenters. The highest BCUT2D eigenvalue weighted by Crippen LogP contribution is 2.69. The second-order valence-electron chi connectivity index (χ2n) is 12.4. The summed E-state index contributed by atoms with van der Waals surface area (Å²) in [6, 6.07) is 10.7. The van der Waals surface area contributed by atoms with Crippen LogP contribution in [0.15, 0.2) is 30.3 Å². The molecule has 6 nitrogen and oxygen atoms in total. The topological polar surface area (TPSA) is 72.0 Å². The van der Waals surface area contributed by atoms with Crippen molar-refractivity contribution >= 4 is 10.9 Å². The predicted octanol–water partition coefficient (Wildman–Crippen LogP) is 3.68.